The molecule has 1 saturated heterocycles. The van der Waals surface area contributed by atoms with Crippen molar-refractivity contribution in [2.45, 2.75) is 50.5 Å². The van der Waals surface area contributed by atoms with Crippen LogP contribution in [0.25, 0.3) is 11.2 Å². The maximum Gasteiger partial charge on any atom is 1.00 e. The van der Waals surface area contributed by atoms with Crippen molar-refractivity contribution in [2.75, 3.05) is 25.6 Å². The maximum atomic E-state index is 12.9. The summed E-state index contributed by atoms with van der Waals surface area (Å²) in [7, 11) is -4.78. The summed E-state index contributed by atoms with van der Waals surface area (Å²) in [6.45, 7) is -0.649. The van der Waals surface area contributed by atoms with E-state index in [9.17, 15) is 29.6 Å². The Bertz CT molecular complexity index is 1470. The van der Waals surface area contributed by atoms with E-state index in [1.54, 1.807) is 4.57 Å². The number of nitrogen functional groups attached to an aromatic ring is 1. The summed E-state index contributed by atoms with van der Waals surface area (Å²) < 4.78 is 37.5. The SMILES string of the molecule is Cc1c([O-])nc(=O)n2c1C[C@](CO)(COP(=O)(O)O[C@H]1C[C@H](n3cnc4c(N)ncnc43)O[C@@H]1CO)OC2.[Na+]. The second kappa shape index (κ2) is 11.5. The van der Waals surface area contributed by atoms with Gasteiger partial charge in [0.1, 0.15) is 42.6 Å². The average molecular weight is 577 g/mol. The molecule has 5 atom stereocenters. The Labute approximate surface area is 242 Å². The van der Waals surface area contributed by atoms with Gasteiger partial charge in [0, 0.05) is 18.5 Å². The van der Waals surface area contributed by atoms with Crippen molar-refractivity contribution in [1.82, 2.24) is 29.1 Å². The average Bonchev–Trinajstić information content (AvgIpc) is 3.50. The van der Waals surface area contributed by atoms with E-state index in [0.29, 0.717) is 11.2 Å². The normalized spacial score (nSPS) is 26.2. The van der Waals surface area contributed by atoms with Crippen LogP contribution in [-0.2, 0) is 36.2 Å². The van der Waals surface area contributed by atoms with Crippen LogP contribution in [-0.4, -0.2) is 81.8 Å². The van der Waals surface area contributed by atoms with E-state index in [0.717, 1.165) is 4.57 Å². The Balaban J connectivity index is 0.00000353. The van der Waals surface area contributed by atoms with E-state index in [1.165, 1.54) is 19.6 Å². The Morgan fingerprint density at radius 2 is 2.10 bits per heavy atom. The Hall–Kier alpha value is -2.02. The first-order chi connectivity index (χ1) is 18.1. The summed E-state index contributed by atoms with van der Waals surface area (Å²) in [6, 6.07) is 0. The third-order valence-corrected chi connectivity index (χ3v) is 7.59. The molecule has 5 heterocycles. The molecule has 0 bridgehead atoms. The Morgan fingerprint density at radius 3 is 2.82 bits per heavy atom. The number of aliphatic hydroxyl groups is 2. The third-order valence-electron chi connectivity index (χ3n) is 6.60. The molecule has 0 spiro atoms. The minimum Gasteiger partial charge on any atom is -0.858 e. The van der Waals surface area contributed by atoms with Crippen LogP contribution in [0.5, 0.6) is 5.88 Å². The number of imidazole rings is 1. The molecule has 0 aliphatic carbocycles. The fourth-order valence-electron chi connectivity index (χ4n) is 4.46. The number of nitrogens with two attached hydrogens (primary N) is 1. The van der Waals surface area contributed by atoms with Gasteiger partial charge in [0.2, 0.25) is 0 Å². The first-order valence-corrected chi connectivity index (χ1v) is 12.9. The molecule has 39 heavy (non-hydrogen) atoms. The number of aromatic nitrogens is 6. The maximum absolute atomic E-state index is 12.9. The molecule has 19 heteroatoms. The number of anilines is 1. The van der Waals surface area contributed by atoms with Crippen LogP contribution in [0.3, 0.4) is 0 Å². The Kier molecular flexibility index (Phi) is 8.80. The van der Waals surface area contributed by atoms with Gasteiger partial charge < -0.3 is 35.4 Å². The molecule has 2 aliphatic rings. The third kappa shape index (κ3) is 5.75. The van der Waals surface area contributed by atoms with Crippen molar-refractivity contribution in [3.63, 3.8) is 0 Å². The fraction of sp³-hybridized carbons (Fsp3) is 0.550. The predicted octanol–water partition coefficient (Wildman–Crippen LogP) is -4.91. The zero-order valence-corrected chi connectivity index (χ0v) is 23.9. The topological polar surface area (TPSA) is 242 Å². The number of ether oxygens (including phenoxy) is 2. The van der Waals surface area contributed by atoms with Crippen LogP contribution < -0.4 is 46.1 Å². The van der Waals surface area contributed by atoms with E-state index < -0.39 is 63.2 Å². The summed E-state index contributed by atoms with van der Waals surface area (Å²) in [6.07, 6.45) is -0.249. The smallest absolute Gasteiger partial charge is 0.858 e. The predicted molar refractivity (Wildman–Crippen MR) is 123 cm³/mol. The molecule has 5 rings (SSSR count). The molecule has 3 aromatic rings. The van der Waals surface area contributed by atoms with Gasteiger partial charge in [-0.2, -0.15) is 0 Å². The monoisotopic (exact) mass is 577 g/mol. The quantitative estimate of drug-likeness (QED) is 0.145. The van der Waals surface area contributed by atoms with E-state index in [4.69, 9.17) is 24.3 Å². The first-order valence-electron chi connectivity index (χ1n) is 11.4. The first kappa shape index (κ1) is 30.0. The molecule has 0 aromatic carbocycles. The van der Waals surface area contributed by atoms with Gasteiger partial charge >= 0.3 is 43.1 Å². The molecule has 0 amide bonds. The zero-order chi connectivity index (χ0) is 27.2. The standard InChI is InChI=1S/C20H26N7O10P.Na/c1-10-11-3-20(5-29,34-9-27(11)19(31)25-18(10)30)6-35-38(32,33)37-12-2-14(36-13(12)4-28)26-8-24-15-16(21)22-7-23-17(15)26;/h7-8,12-14,28-29H,2-6,9H2,1H3,(H,32,33)(H2,21,22,23)(H,25,30,31);/q;+1/p-1/t12-,13+,14+,20-;/m0./s1. The summed E-state index contributed by atoms with van der Waals surface area (Å²) in [5, 5.41) is 31.8. The molecule has 1 unspecified atom stereocenters. The van der Waals surface area contributed by atoms with Gasteiger partial charge in [0.15, 0.2) is 11.5 Å². The molecule has 5 N–H and O–H groups in total. The number of rotatable bonds is 8. The van der Waals surface area contributed by atoms with E-state index in [2.05, 4.69) is 19.9 Å². The Morgan fingerprint density at radius 1 is 1.33 bits per heavy atom. The van der Waals surface area contributed by atoms with E-state index >= 15 is 0 Å². The number of hydrogen-bond acceptors (Lipinski definition) is 14. The van der Waals surface area contributed by atoms with Gasteiger partial charge in [-0.15, -0.1) is 0 Å². The number of hydrogen-bond donors (Lipinski definition) is 4. The minimum atomic E-state index is -4.78. The van der Waals surface area contributed by atoms with Gasteiger partial charge in [0.05, 0.1) is 26.1 Å². The van der Waals surface area contributed by atoms with Gasteiger partial charge in [-0.1, -0.05) is 0 Å². The van der Waals surface area contributed by atoms with Crippen molar-refractivity contribution in [1.29, 1.82) is 0 Å². The molecule has 0 radical (unpaired) electrons. The van der Waals surface area contributed by atoms with Crippen molar-refractivity contribution in [2.24, 2.45) is 0 Å². The molecule has 1 fully saturated rings. The van der Waals surface area contributed by atoms with Crippen LogP contribution >= 0.6 is 7.82 Å². The number of phosphoric ester groups is 1. The van der Waals surface area contributed by atoms with Crippen LogP contribution in [0, 0.1) is 6.92 Å². The van der Waals surface area contributed by atoms with E-state index in [-0.39, 0.29) is 66.2 Å². The summed E-state index contributed by atoms with van der Waals surface area (Å²) >= 11 is 0. The molecule has 206 valence electrons. The van der Waals surface area contributed by atoms with E-state index in [1.807, 2.05) is 0 Å². The number of nitrogens with zero attached hydrogens (tertiary/aromatic N) is 6. The second-order valence-corrected chi connectivity index (χ2v) is 10.4. The summed E-state index contributed by atoms with van der Waals surface area (Å²) in [5.74, 6) is -0.544. The van der Waals surface area contributed by atoms with Gasteiger partial charge in [0.25, 0.3) is 0 Å². The molecule has 3 aromatic heterocycles. The number of fused-ring (bicyclic) bond motifs is 2. The molecular weight excluding hydrogens is 552 g/mol. The van der Waals surface area contributed by atoms with Gasteiger partial charge in [-0.3, -0.25) is 18.2 Å². The van der Waals surface area contributed by atoms with Crippen LogP contribution in [0.15, 0.2) is 17.4 Å². The van der Waals surface area contributed by atoms with Crippen molar-refractivity contribution >= 4 is 24.8 Å². The molecule has 2 aliphatic heterocycles. The number of phosphoric acid groups is 1. The van der Waals surface area contributed by atoms with Crippen LogP contribution in [0.2, 0.25) is 0 Å². The van der Waals surface area contributed by atoms with Crippen LogP contribution in [0.4, 0.5) is 5.82 Å². The van der Waals surface area contributed by atoms with Gasteiger partial charge in [-0.05, 0) is 18.4 Å². The largest absolute Gasteiger partial charge is 1.00 e. The summed E-state index contributed by atoms with van der Waals surface area (Å²) in [5.41, 5.74) is 4.66. The molecule has 17 nitrogen and oxygen atoms in total. The molecule has 0 saturated carbocycles. The zero-order valence-electron chi connectivity index (χ0n) is 21.0. The molecular formula is C20H25N7NaO10P. The minimum absolute atomic E-state index is 0. The second-order valence-electron chi connectivity index (χ2n) is 9.01. The van der Waals surface area contributed by atoms with Crippen molar-refractivity contribution < 1.29 is 72.9 Å². The summed E-state index contributed by atoms with van der Waals surface area (Å²) in [4.78, 5) is 38.1. The fourth-order valence-corrected chi connectivity index (χ4v) is 5.48. The van der Waals surface area contributed by atoms with Crippen molar-refractivity contribution in [3.05, 3.63) is 34.4 Å². The van der Waals surface area contributed by atoms with Crippen molar-refractivity contribution in [3.8, 4) is 5.88 Å². The number of aliphatic hydroxyl groups excluding tert-OH is 2. The van der Waals surface area contributed by atoms with Crippen LogP contribution in [0.1, 0.15) is 23.9 Å². The van der Waals surface area contributed by atoms with Gasteiger partial charge in [-0.25, -0.2) is 29.3 Å².